The molecule has 3 atom stereocenters. The summed E-state index contributed by atoms with van der Waals surface area (Å²) in [7, 11) is 0. The number of aryl methyl sites for hydroxylation is 1. The van der Waals surface area contributed by atoms with Gasteiger partial charge in [0.2, 0.25) is 11.8 Å². The molecule has 0 aromatic carbocycles. The monoisotopic (exact) mass is 443 g/mol. The highest BCUT2D eigenvalue weighted by atomic mass is 19.4. The maximum atomic E-state index is 12.4. The van der Waals surface area contributed by atoms with E-state index in [1.54, 1.807) is 13.0 Å². The number of hydrogen-bond acceptors (Lipinski definition) is 6. The summed E-state index contributed by atoms with van der Waals surface area (Å²) in [4.78, 5) is 28.0. The number of nitrogens with one attached hydrogen (secondary N) is 3. The third-order valence-electron chi connectivity index (χ3n) is 4.84. The van der Waals surface area contributed by atoms with Gasteiger partial charge in [-0.05, 0) is 33.1 Å². The Balaban J connectivity index is 1.44. The fourth-order valence-electron chi connectivity index (χ4n) is 3.53. The second kappa shape index (κ2) is 9.40. The first-order valence-electron chi connectivity index (χ1n) is 9.87. The summed E-state index contributed by atoms with van der Waals surface area (Å²) in [5.74, 6) is 0.367. The van der Waals surface area contributed by atoms with Crippen molar-refractivity contribution in [3.05, 3.63) is 29.6 Å². The number of aromatic nitrogens is 3. The smallest absolute Gasteiger partial charge is 0.407 e. The summed E-state index contributed by atoms with van der Waals surface area (Å²) in [6, 6.07) is 0.640. The Morgan fingerprint density at radius 1 is 1.39 bits per heavy atom. The van der Waals surface area contributed by atoms with Crippen LogP contribution in [0.25, 0.3) is 0 Å². The first kappa shape index (κ1) is 22.6. The minimum atomic E-state index is -4.35. The minimum Gasteiger partial charge on any atom is -0.448 e. The van der Waals surface area contributed by atoms with Crippen LogP contribution in [0, 0.1) is 6.92 Å². The van der Waals surface area contributed by atoms with Crippen molar-refractivity contribution in [2.24, 2.45) is 0 Å². The predicted octanol–water partition coefficient (Wildman–Crippen LogP) is 3.59. The van der Waals surface area contributed by atoms with E-state index in [4.69, 9.17) is 9.15 Å². The molecule has 0 unspecified atom stereocenters. The van der Waals surface area contributed by atoms with Crippen molar-refractivity contribution in [1.82, 2.24) is 20.5 Å². The zero-order valence-corrected chi connectivity index (χ0v) is 17.1. The number of anilines is 1. The van der Waals surface area contributed by atoms with Crippen LogP contribution in [0.15, 0.2) is 16.7 Å². The van der Waals surface area contributed by atoms with Crippen LogP contribution in [0.3, 0.4) is 0 Å². The molecule has 3 N–H and O–H groups in total. The molecule has 0 spiro atoms. The topological polar surface area (TPSA) is 122 Å². The highest BCUT2D eigenvalue weighted by molar-refractivity contribution is 5.90. The molecule has 2 heterocycles. The van der Waals surface area contributed by atoms with E-state index in [1.807, 2.05) is 0 Å². The second-order valence-electron chi connectivity index (χ2n) is 7.72. The zero-order chi connectivity index (χ0) is 22.6. The first-order chi connectivity index (χ1) is 14.6. The molecule has 0 aliphatic heterocycles. The van der Waals surface area contributed by atoms with Gasteiger partial charge in [-0.25, -0.2) is 9.78 Å². The number of rotatable bonds is 7. The lowest BCUT2D eigenvalue weighted by Gasteiger charge is -2.18. The number of aromatic amines is 1. The molecule has 3 rings (SSSR count). The van der Waals surface area contributed by atoms with Gasteiger partial charge in [-0.15, -0.1) is 0 Å². The van der Waals surface area contributed by atoms with E-state index in [-0.39, 0.29) is 18.2 Å². The third kappa shape index (κ3) is 7.00. The van der Waals surface area contributed by atoms with Gasteiger partial charge >= 0.3 is 12.3 Å². The normalized spacial score (nSPS) is 19.8. The fraction of sp³-hybridized carbons (Fsp3) is 0.579. The number of amides is 2. The number of H-pyrrole nitrogens is 1. The van der Waals surface area contributed by atoms with Crippen molar-refractivity contribution in [1.29, 1.82) is 0 Å². The number of carbonyl (C=O) groups excluding carboxylic acids is 2. The summed E-state index contributed by atoms with van der Waals surface area (Å²) in [5, 5.41) is 11.8. The van der Waals surface area contributed by atoms with Crippen molar-refractivity contribution in [2.75, 3.05) is 5.32 Å². The van der Waals surface area contributed by atoms with E-state index >= 15 is 0 Å². The average molecular weight is 443 g/mol. The molecule has 1 saturated carbocycles. The molecule has 31 heavy (non-hydrogen) atoms. The summed E-state index contributed by atoms with van der Waals surface area (Å²) in [6.45, 7) is 3.03. The standard InChI is InChI=1S/C19H24F3N5O4/c1-10(8-19(20,21)22)24-18(29)31-13-4-3-12(5-13)14-6-15(27-26-14)25-16(28)7-17-23-11(2)9-30-17/h6,9-10,12-13H,3-5,7-8H2,1-2H3,(H,24,29)(H2,25,26,27,28)/t10-,12+,13-/m1/s1. The van der Waals surface area contributed by atoms with Crippen LogP contribution in [0.1, 0.15) is 55.8 Å². The number of oxazole rings is 1. The molecule has 9 nitrogen and oxygen atoms in total. The van der Waals surface area contributed by atoms with E-state index in [1.165, 1.54) is 13.2 Å². The molecule has 2 aromatic rings. The van der Waals surface area contributed by atoms with Crippen LogP contribution in [0.2, 0.25) is 0 Å². The van der Waals surface area contributed by atoms with Crippen LogP contribution in [-0.4, -0.2) is 45.5 Å². The number of alkyl halides is 3. The molecular formula is C19H24F3N5O4. The Hall–Kier alpha value is -3.05. The van der Waals surface area contributed by atoms with E-state index in [0.29, 0.717) is 36.7 Å². The van der Waals surface area contributed by atoms with Crippen LogP contribution in [0.4, 0.5) is 23.8 Å². The van der Waals surface area contributed by atoms with Crippen molar-refractivity contribution >= 4 is 17.8 Å². The van der Waals surface area contributed by atoms with Gasteiger partial charge in [0.1, 0.15) is 18.8 Å². The number of carbonyl (C=O) groups is 2. The number of nitrogens with zero attached hydrogens (tertiary/aromatic N) is 2. The van der Waals surface area contributed by atoms with Gasteiger partial charge in [-0.2, -0.15) is 18.3 Å². The van der Waals surface area contributed by atoms with E-state index in [9.17, 15) is 22.8 Å². The van der Waals surface area contributed by atoms with E-state index in [0.717, 1.165) is 5.69 Å². The number of alkyl carbamates (subject to hydrolysis) is 1. The summed E-state index contributed by atoms with van der Waals surface area (Å²) < 4.78 is 47.5. The lowest BCUT2D eigenvalue weighted by atomic mass is 10.0. The highest BCUT2D eigenvalue weighted by Crippen LogP contribution is 2.36. The van der Waals surface area contributed by atoms with Crippen LogP contribution >= 0.6 is 0 Å². The average Bonchev–Trinajstić information content (AvgIpc) is 3.34. The maximum absolute atomic E-state index is 12.4. The number of hydrogen-bond donors (Lipinski definition) is 3. The third-order valence-corrected chi connectivity index (χ3v) is 4.84. The molecular weight excluding hydrogens is 419 g/mol. The zero-order valence-electron chi connectivity index (χ0n) is 17.1. The molecule has 0 saturated heterocycles. The van der Waals surface area contributed by atoms with Gasteiger partial charge in [-0.1, -0.05) is 0 Å². The molecule has 0 radical (unpaired) electrons. The summed E-state index contributed by atoms with van der Waals surface area (Å²) in [5.41, 5.74) is 1.46. The second-order valence-corrected chi connectivity index (χ2v) is 7.72. The molecule has 170 valence electrons. The number of ether oxygens (including phenoxy) is 1. The molecule has 2 amide bonds. The van der Waals surface area contributed by atoms with Crippen LogP contribution < -0.4 is 10.6 Å². The first-order valence-corrected chi connectivity index (χ1v) is 9.87. The van der Waals surface area contributed by atoms with Gasteiger partial charge in [0, 0.05) is 23.7 Å². The maximum Gasteiger partial charge on any atom is 0.407 e. The molecule has 0 bridgehead atoms. The molecule has 1 fully saturated rings. The summed E-state index contributed by atoms with van der Waals surface area (Å²) in [6.07, 6.45) is -3.49. The Morgan fingerprint density at radius 2 is 2.16 bits per heavy atom. The molecule has 1 aliphatic carbocycles. The van der Waals surface area contributed by atoms with Crippen LogP contribution in [0.5, 0.6) is 0 Å². The molecule has 1 aliphatic rings. The highest BCUT2D eigenvalue weighted by Gasteiger charge is 2.33. The Kier molecular flexibility index (Phi) is 6.86. The minimum absolute atomic E-state index is 0.0166. The Morgan fingerprint density at radius 3 is 2.84 bits per heavy atom. The largest absolute Gasteiger partial charge is 0.448 e. The Labute approximate surface area is 176 Å². The molecule has 12 heteroatoms. The lowest BCUT2D eigenvalue weighted by Crippen LogP contribution is -2.37. The quantitative estimate of drug-likeness (QED) is 0.601. The summed E-state index contributed by atoms with van der Waals surface area (Å²) >= 11 is 0. The molecule has 2 aromatic heterocycles. The van der Waals surface area contributed by atoms with Crippen molar-refractivity contribution in [2.45, 2.75) is 70.2 Å². The SMILES string of the molecule is Cc1coc(CC(=O)Nc2cc([C@H]3CC[C@@H](OC(=O)N[C@H](C)CC(F)(F)F)C3)[nH]n2)n1. The van der Waals surface area contributed by atoms with Gasteiger partial charge < -0.3 is 19.8 Å². The predicted molar refractivity (Wildman–Crippen MR) is 102 cm³/mol. The lowest BCUT2D eigenvalue weighted by molar-refractivity contribution is -0.138. The van der Waals surface area contributed by atoms with Crippen LogP contribution in [-0.2, 0) is 16.0 Å². The van der Waals surface area contributed by atoms with Gasteiger partial charge in [0.15, 0.2) is 5.82 Å². The fourth-order valence-corrected chi connectivity index (χ4v) is 3.53. The van der Waals surface area contributed by atoms with Crippen molar-refractivity contribution < 1.29 is 31.9 Å². The van der Waals surface area contributed by atoms with Crippen molar-refractivity contribution in [3.63, 3.8) is 0 Å². The van der Waals surface area contributed by atoms with Crippen molar-refractivity contribution in [3.8, 4) is 0 Å². The van der Waals surface area contributed by atoms with Gasteiger partial charge in [0.05, 0.1) is 12.1 Å². The van der Waals surface area contributed by atoms with E-state index < -0.39 is 30.8 Å². The number of halogens is 3. The van der Waals surface area contributed by atoms with Gasteiger partial charge in [-0.3, -0.25) is 9.89 Å². The van der Waals surface area contributed by atoms with Gasteiger partial charge in [0.25, 0.3) is 0 Å². The van der Waals surface area contributed by atoms with E-state index in [2.05, 4.69) is 25.8 Å². The Bertz CT molecular complexity index is 910.